The van der Waals surface area contributed by atoms with Crippen molar-refractivity contribution in [3.05, 3.63) is 35.1 Å². The van der Waals surface area contributed by atoms with Gasteiger partial charge in [-0.1, -0.05) is 12.1 Å². The first-order valence-electron chi connectivity index (χ1n) is 7.26. The van der Waals surface area contributed by atoms with Crippen molar-refractivity contribution in [2.75, 3.05) is 6.54 Å². The van der Waals surface area contributed by atoms with Gasteiger partial charge in [0.25, 0.3) is 0 Å². The van der Waals surface area contributed by atoms with Crippen molar-refractivity contribution in [2.45, 2.75) is 45.1 Å². The van der Waals surface area contributed by atoms with Crippen LogP contribution in [-0.2, 0) is 15.5 Å². The van der Waals surface area contributed by atoms with Crippen molar-refractivity contribution in [1.82, 2.24) is 4.98 Å². The van der Waals surface area contributed by atoms with E-state index in [1.54, 1.807) is 6.08 Å². The SMILES string of the molecule is CC1(C)OB(C(=Cc2ccc(C(F)(F)F)nc2)CN)OC1(C)C. The zero-order chi connectivity index (χ0) is 17.5. The number of rotatable bonds is 3. The maximum Gasteiger partial charge on any atom is 0.491 e. The molecular formula is C15H20BF3N2O2. The first-order valence-corrected chi connectivity index (χ1v) is 7.26. The van der Waals surface area contributed by atoms with Gasteiger partial charge in [0.2, 0.25) is 0 Å². The van der Waals surface area contributed by atoms with E-state index in [0.29, 0.717) is 11.0 Å². The van der Waals surface area contributed by atoms with Gasteiger partial charge in [-0.2, -0.15) is 13.2 Å². The molecule has 1 aliphatic heterocycles. The third kappa shape index (κ3) is 3.76. The van der Waals surface area contributed by atoms with Crippen LogP contribution in [0.4, 0.5) is 13.2 Å². The minimum Gasteiger partial charge on any atom is -0.400 e. The molecule has 126 valence electrons. The van der Waals surface area contributed by atoms with Crippen LogP contribution in [-0.4, -0.2) is 29.8 Å². The molecule has 0 aromatic carbocycles. The molecule has 2 heterocycles. The second-order valence-corrected chi connectivity index (χ2v) is 6.49. The third-order valence-electron chi connectivity index (χ3n) is 4.22. The van der Waals surface area contributed by atoms with Crippen LogP contribution in [0, 0.1) is 0 Å². The van der Waals surface area contributed by atoms with Crippen molar-refractivity contribution in [3.63, 3.8) is 0 Å². The molecule has 0 saturated carbocycles. The molecular weight excluding hydrogens is 308 g/mol. The molecule has 0 unspecified atom stereocenters. The second kappa shape index (κ2) is 5.92. The summed E-state index contributed by atoms with van der Waals surface area (Å²) in [6, 6.07) is 2.28. The van der Waals surface area contributed by atoms with Gasteiger partial charge >= 0.3 is 13.3 Å². The Bertz CT molecular complexity index is 582. The lowest BCUT2D eigenvalue weighted by atomic mass is 9.77. The molecule has 2 N–H and O–H groups in total. The molecule has 1 aromatic heterocycles. The number of pyridine rings is 1. The maximum absolute atomic E-state index is 12.5. The summed E-state index contributed by atoms with van der Waals surface area (Å²) in [5.74, 6) is 0. The molecule has 0 amide bonds. The molecule has 1 fully saturated rings. The Labute approximate surface area is 134 Å². The fraction of sp³-hybridized carbons (Fsp3) is 0.533. The van der Waals surface area contributed by atoms with Crippen LogP contribution in [0.25, 0.3) is 6.08 Å². The third-order valence-corrected chi connectivity index (χ3v) is 4.22. The number of hydrogen-bond acceptors (Lipinski definition) is 4. The number of alkyl halides is 3. The molecule has 0 aliphatic carbocycles. The first-order chi connectivity index (χ1) is 10.5. The molecule has 8 heteroatoms. The van der Waals surface area contributed by atoms with E-state index in [1.807, 2.05) is 27.7 Å². The summed E-state index contributed by atoms with van der Waals surface area (Å²) in [6.07, 6.45) is -1.65. The molecule has 23 heavy (non-hydrogen) atoms. The Balaban J connectivity index is 2.23. The molecule has 0 radical (unpaired) electrons. The van der Waals surface area contributed by atoms with Crippen molar-refractivity contribution < 1.29 is 22.5 Å². The van der Waals surface area contributed by atoms with Gasteiger partial charge in [0.15, 0.2) is 0 Å². The predicted molar refractivity (Wildman–Crippen MR) is 82.4 cm³/mol. The van der Waals surface area contributed by atoms with Gasteiger partial charge in [-0.15, -0.1) is 0 Å². The summed E-state index contributed by atoms with van der Waals surface area (Å²) < 4.78 is 49.4. The topological polar surface area (TPSA) is 57.4 Å². The van der Waals surface area contributed by atoms with E-state index in [9.17, 15) is 13.2 Å². The van der Waals surface area contributed by atoms with E-state index in [2.05, 4.69) is 4.98 Å². The molecule has 0 bridgehead atoms. The highest BCUT2D eigenvalue weighted by atomic mass is 19.4. The van der Waals surface area contributed by atoms with Gasteiger partial charge in [-0.3, -0.25) is 4.98 Å². The van der Waals surface area contributed by atoms with Crippen LogP contribution in [0.5, 0.6) is 0 Å². The normalized spacial score (nSPS) is 20.9. The molecule has 1 aromatic rings. The number of aromatic nitrogens is 1. The van der Waals surface area contributed by atoms with Gasteiger partial charge in [0.1, 0.15) is 5.69 Å². The van der Waals surface area contributed by atoms with Crippen LogP contribution < -0.4 is 5.73 Å². The minimum absolute atomic E-state index is 0.165. The molecule has 1 aliphatic rings. The van der Waals surface area contributed by atoms with Crippen LogP contribution in [0.15, 0.2) is 23.8 Å². The lowest BCUT2D eigenvalue weighted by Crippen LogP contribution is -2.41. The zero-order valence-corrected chi connectivity index (χ0v) is 13.6. The fourth-order valence-electron chi connectivity index (χ4n) is 2.09. The molecule has 1 saturated heterocycles. The standard InChI is InChI=1S/C15H20BF3N2O2/c1-13(2)14(3,4)23-16(22-13)11(8-20)7-10-5-6-12(21-9-10)15(17,18)19/h5-7,9H,8,20H2,1-4H3. The summed E-state index contributed by atoms with van der Waals surface area (Å²) in [4.78, 5) is 3.43. The average Bonchev–Trinajstić information content (AvgIpc) is 2.64. The molecule has 4 nitrogen and oxygen atoms in total. The summed E-state index contributed by atoms with van der Waals surface area (Å²) in [6.45, 7) is 7.83. The Kier molecular flexibility index (Phi) is 4.63. The Morgan fingerprint density at radius 3 is 2.17 bits per heavy atom. The van der Waals surface area contributed by atoms with Crippen molar-refractivity contribution in [2.24, 2.45) is 5.73 Å². The largest absolute Gasteiger partial charge is 0.491 e. The van der Waals surface area contributed by atoms with Crippen molar-refractivity contribution in [3.8, 4) is 0 Å². The average molecular weight is 328 g/mol. The van der Waals surface area contributed by atoms with E-state index in [0.717, 1.165) is 12.3 Å². The highest BCUT2D eigenvalue weighted by Crippen LogP contribution is 2.38. The zero-order valence-electron chi connectivity index (χ0n) is 13.6. The van der Waals surface area contributed by atoms with Gasteiger partial charge in [-0.25, -0.2) is 0 Å². The summed E-state index contributed by atoms with van der Waals surface area (Å²) >= 11 is 0. The lowest BCUT2D eigenvalue weighted by Gasteiger charge is -2.32. The van der Waals surface area contributed by atoms with Gasteiger partial charge < -0.3 is 15.0 Å². The van der Waals surface area contributed by atoms with Crippen LogP contribution in [0.1, 0.15) is 39.0 Å². The number of nitrogens with two attached hydrogens (primary N) is 1. The highest BCUT2D eigenvalue weighted by molar-refractivity contribution is 6.55. The number of hydrogen-bond donors (Lipinski definition) is 1. The Morgan fingerprint density at radius 2 is 1.78 bits per heavy atom. The van der Waals surface area contributed by atoms with Crippen molar-refractivity contribution >= 4 is 13.2 Å². The van der Waals surface area contributed by atoms with Gasteiger partial charge in [0, 0.05) is 12.7 Å². The fourth-order valence-corrected chi connectivity index (χ4v) is 2.09. The first kappa shape index (κ1) is 18.0. The molecule has 0 spiro atoms. The number of nitrogens with zero attached hydrogens (tertiary/aromatic N) is 1. The van der Waals surface area contributed by atoms with E-state index in [1.165, 1.54) is 6.07 Å². The predicted octanol–water partition coefficient (Wildman–Crippen LogP) is 3.07. The Morgan fingerprint density at radius 1 is 1.22 bits per heavy atom. The van der Waals surface area contributed by atoms with E-state index < -0.39 is 30.2 Å². The highest BCUT2D eigenvalue weighted by Gasteiger charge is 2.52. The van der Waals surface area contributed by atoms with Crippen LogP contribution in [0.3, 0.4) is 0 Å². The van der Waals surface area contributed by atoms with Gasteiger partial charge in [0.05, 0.1) is 11.2 Å². The maximum atomic E-state index is 12.5. The summed E-state index contributed by atoms with van der Waals surface area (Å²) in [5, 5.41) is 0. The minimum atomic E-state index is -4.45. The van der Waals surface area contributed by atoms with Crippen LogP contribution in [0.2, 0.25) is 0 Å². The van der Waals surface area contributed by atoms with Crippen molar-refractivity contribution in [1.29, 1.82) is 0 Å². The molecule has 0 atom stereocenters. The second-order valence-electron chi connectivity index (χ2n) is 6.49. The van der Waals surface area contributed by atoms with E-state index >= 15 is 0 Å². The lowest BCUT2D eigenvalue weighted by molar-refractivity contribution is -0.141. The van der Waals surface area contributed by atoms with E-state index in [-0.39, 0.29) is 6.54 Å². The van der Waals surface area contributed by atoms with E-state index in [4.69, 9.17) is 15.0 Å². The number of halogens is 3. The quantitative estimate of drug-likeness (QED) is 0.867. The molecule has 2 rings (SSSR count). The summed E-state index contributed by atoms with van der Waals surface area (Å²) in [7, 11) is -0.632. The summed E-state index contributed by atoms with van der Waals surface area (Å²) in [5.41, 5.74) is 4.95. The Hall–Kier alpha value is -1.38. The monoisotopic (exact) mass is 328 g/mol. The van der Waals surface area contributed by atoms with Crippen LogP contribution >= 0.6 is 0 Å². The smallest absolute Gasteiger partial charge is 0.400 e. The van der Waals surface area contributed by atoms with Gasteiger partial charge in [-0.05, 0) is 44.8 Å².